The third-order valence-electron chi connectivity index (χ3n) is 4.28. The number of rotatable bonds is 3. The monoisotopic (exact) mass is 372 g/mol. The van der Waals surface area contributed by atoms with Crippen molar-refractivity contribution in [2.24, 2.45) is 5.92 Å². The second kappa shape index (κ2) is 7.16. The quantitative estimate of drug-likeness (QED) is 0.836. The Hall–Kier alpha value is -3.27. The third-order valence-corrected chi connectivity index (χ3v) is 4.28. The number of halogens is 3. The summed E-state index contributed by atoms with van der Waals surface area (Å²) in [5.74, 6) is 1.01. The fourth-order valence-corrected chi connectivity index (χ4v) is 2.91. The lowest BCUT2D eigenvalue weighted by atomic mass is 10.1. The molecule has 4 nitrogen and oxygen atoms in total. The van der Waals surface area contributed by atoms with Gasteiger partial charge >= 0.3 is 6.18 Å². The highest BCUT2D eigenvalue weighted by molar-refractivity contribution is 6.03. The van der Waals surface area contributed by atoms with Gasteiger partial charge in [-0.05, 0) is 36.4 Å². The maximum Gasteiger partial charge on any atom is 0.416 e. The summed E-state index contributed by atoms with van der Waals surface area (Å²) in [5, 5.41) is 2.69. The van der Waals surface area contributed by atoms with Crippen LogP contribution in [0.4, 0.5) is 24.5 Å². The van der Waals surface area contributed by atoms with E-state index in [9.17, 15) is 22.8 Å². The lowest BCUT2D eigenvalue weighted by Gasteiger charge is -2.18. The summed E-state index contributed by atoms with van der Waals surface area (Å²) in [6, 6.07) is 11.2. The Kier molecular flexibility index (Phi) is 4.91. The molecule has 1 aliphatic heterocycles. The van der Waals surface area contributed by atoms with E-state index >= 15 is 0 Å². The summed E-state index contributed by atoms with van der Waals surface area (Å²) >= 11 is 0. The van der Waals surface area contributed by atoms with E-state index in [0.717, 1.165) is 12.1 Å². The minimum Gasteiger partial charge on any atom is -0.326 e. The van der Waals surface area contributed by atoms with Crippen molar-refractivity contribution in [1.29, 1.82) is 0 Å². The fraction of sp³-hybridized carbons (Fsp3) is 0.200. The molecule has 1 saturated heterocycles. The van der Waals surface area contributed by atoms with Crippen LogP contribution < -0.4 is 10.2 Å². The molecule has 0 aliphatic carbocycles. The van der Waals surface area contributed by atoms with E-state index in [-0.39, 0.29) is 24.6 Å². The van der Waals surface area contributed by atoms with Crippen molar-refractivity contribution >= 4 is 23.2 Å². The minimum atomic E-state index is -4.50. The largest absolute Gasteiger partial charge is 0.416 e. The molecule has 2 amide bonds. The lowest BCUT2D eigenvalue weighted by Crippen LogP contribution is -2.28. The molecule has 0 spiro atoms. The standard InChI is InChI=1S/C20H15F3N2O2/c1-2-13-5-3-7-16(9-13)24-19(27)14-10-18(26)25(12-14)17-8-4-6-15(11-17)20(21,22)23/h1,3-9,11,14H,10,12H2,(H,24,27). The van der Waals surface area contributed by atoms with Crippen molar-refractivity contribution in [3.05, 3.63) is 59.7 Å². The Morgan fingerprint density at radius 1 is 1.19 bits per heavy atom. The van der Waals surface area contributed by atoms with E-state index in [2.05, 4.69) is 11.2 Å². The van der Waals surface area contributed by atoms with Crippen molar-refractivity contribution in [2.45, 2.75) is 12.6 Å². The Morgan fingerprint density at radius 2 is 1.93 bits per heavy atom. The van der Waals surface area contributed by atoms with Crippen molar-refractivity contribution in [1.82, 2.24) is 0 Å². The summed E-state index contributed by atoms with van der Waals surface area (Å²) in [6.07, 6.45) is 0.746. The molecule has 1 N–H and O–H groups in total. The Balaban J connectivity index is 1.73. The van der Waals surface area contributed by atoms with Crippen LogP contribution in [0.1, 0.15) is 17.5 Å². The van der Waals surface area contributed by atoms with Crippen LogP contribution in [0.3, 0.4) is 0 Å². The summed E-state index contributed by atoms with van der Waals surface area (Å²) < 4.78 is 38.6. The zero-order valence-corrected chi connectivity index (χ0v) is 14.1. The van der Waals surface area contributed by atoms with Crippen LogP contribution in [-0.4, -0.2) is 18.4 Å². The SMILES string of the molecule is C#Cc1cccc(NC(=O)C2CC(=O)N(c3cccc(C(F)(F)F)c3)C2)c1. The number of hydrogen-bond donors (Lipinski definition) is 1. The van der Waals surface area contributed by atoms with E-state index < -0.39 is 23.6 Å². The van der Waals surface area contributed by atoms with Crippen LogP contribution in [0.15, 0.2) is 48.5 Å². The average molecular weight is 372 g/mol. The highest BCUT2D eigenvalue weighted by atomic mass is 19.4. The summed E-state index contributed by atoms with van der Waals surface area (Å²) in [6.45, 7) is 0.0147. The van der Waals surface area contributed by atoms with Gasteiger partial charge in [0.15, 0.2) is 0 Å². The first-order chi connectivity index (χ1) is 12.8. The van der Waals surface area contributed by atoms with Gasteiger partial charge in [0.2, 0.25) is 11.8 Å². The van der Waals surface area contributed by atoms with Gasteiger partial charge in [0.25, 0.3) is 0 Å². The number of alkyl halides is 3. The maximum atomic E-state index is 12.9. The second-order valence-corrected chi connectivity index (χ2v) is 6.17. The van der Waals surface area contributed by atoms with Gasteiger partial charge in [0, 0.05) is 29.9 Å². The zero-order valence-electron chi connectivity index (χ0n) is 14.1. The van der Waals surface area contributed by atoms with Crippen LogP contribution in [0.5, 0.6) is 0 Å². The van der Waals surface area contributed by atoms with Crippen molar-refractivity contribution in [2.75, 3.05) is 16.8 Å². The van der Waals surface area contributed by atoms with Crippen LogP contribution >= 0.6 is 0 Å². The number of benzene rings is 2. The van der Waals surface area contributed by atoms with Gasteiger partial charge in [-0.1, -0.05) is 18.1 Å². The minimum absolute atomic E-state index is 0.0147. The molecule has 1 heterocycles. The predicted octanol–water partition coefficient (Wildman–Crippen LogP) is 3.68. The average Bonchev–Trinajstić information content (AvgIpc) is 3.03. The molecule has 0 saturated carbocycles. The van der Waals surface area contributed by atoms with Gasteiger partial charge in [0.1, 0.15) is 0 Å². The molecule has 0 radical (unpaired) electrons. The molecule has 2 aromatic carbocycles. The molecule has 27 heavy (non-hydrogen) atoms. The van der Waals surface area contributed by atoms with Gasteiger partial charge in [-0.15, -0.1) is 6.42 Å². The molecule has 1 aliphatic rings. The van der Waals surface area contributed by atoms with Crippen LogP contribution in [0.2, 0.25) is 0 Å². The number of nitrogens with zero attached hydrogens (tertiary/aromatic N) is 1. The summed E-state index contributed by atoms with van der Waals surface area (Å²) in [5.41, 5.74) is 0.382. The highest BCUT2D eigenvalue weighted by Crippen LogP contribution is 2.33. The Morgan fingerprint density at radius 3 is 2.63 bits per heavy atom. The zero-order chi connectivity index (χ0) is 19.6. The maximum absolute atomic E-state index is 12.9. The van der Waals surface area contributed by atoms with Crippen LogP contribution in [0, 0.1) is 18.3 Å². The van der Waals surface area contributed by atoms with E-state index in [0.29, 0.717) is 11.3 Å². The topological polar surface area (TPSA) is 49.4 Å². The number of carbonyl (C=O) groups is 2. The molecule has 7 heteroatoms. The normalized spacial score (nSPS) is 16.9. The van der Waals surface area contributed by atoms with E-state index in [4.69, 9.17) is 6.42 Å². The van der Waals surface area contributed by atoms with Gasteiger partial charge < -0.3 is 10.2 Å². The van der Waals surface area contributed by atoms with Crippen LogP contribution in [0.25, 0.3) is 0 Å². The van der Waals surface area contributed by atoms with E-state index in [1.165, 1.54) is 17.0 Å². The first kappa shape index (κ1) is 18.5. The number of terminal acetylenes is 1. The molecule has 138 valence electrons. The Bertz CT molecular complexity index is 931. The number of amides is 2. The molecule has 0 aromatic heterocycles. The molecule has 0 bridgehead atoms. The van der Waals surface area contributed by atoms with Gasteiger partial charge in [-0.2, -0.15) is 13.2 Å². The first-order valence-electron chi connectivity index (χ1n) is 8.13. The second-order valence-electron chi connectivity index (χ2n) is 6.17. The summed E-state index contributed by atoms with van der Waals surface area (Å²) in [7, 11) is 0. The van der Waals surface area contributed by atoms with Crippen LogP contribution in [-0.2, 0) is 15.8 Å². The molecule has 1 atom stereocenters. The number of hydrogen-bond acceptors (Lipinski definition) is 2. The van der Waals surface area contributed by atoms with E-state index in [1.807, 2.05) is 0 Å². The van der Waals surface area contributed by atoms with Gasteiger partial charge in [-0.3, -0.25) is 9.59 Å². The van der Waals surface area contributed by atoms with E-state index in [1.54, 1.807) is 24.3 Å². The highest BCUT2D eigenvalue weighted by Gasteiger charge is 2.37. The molecule has 2 aromatic rings. The third kappa shape index (κ3) is 4.11. The Labute approximate surface area is 154 Å². The van der Waals surface area contributed by atoms with Gasteiger partial charge in [0.05, 0.1) is 11.5 Å². The molecule has 1 fully saturated rings. The predicted molar refractivity (Wildman–Crippen MR) is 94.9 cm³/mol. The van der Waals surface area contributed by atoms with Crippen molar-refractivity contribution in [3.8, 4) is 12.3 Å². The molecular formula is C20H15F3N2O2. The fourth-order valence-electron chi connectivity index (χ4n) is 2.91. The van der Waals surface area contributed by atoms with Crippen molar-refractivity contribution < 1.29 is 22.8 Å². The molecule has 1 unspecified atom stereocenters. The number of nitrogens with one attached hydrogen (secondary N) is 1. The number of carbonyl (C=O) groups excluding carboxylic acids is 2. The van der Waals surface area contributed by atoms with Gasteiger partial charge in [-0.25, -0.2) is 0 Å². The lowest BCUT2D eigenvalue weighted by molar-refractivity contribution is -0.137. The smallest absolute Gasteiger partial charge is 0.326 e. The summed E-state index contributed by atoms with van der Waals surface area (Å²) in [4.78, 5) is 25.9. The number of anilines is 2. The molecule has 3 rings (SSSR count). The van der Waals surface area contributed by atoms with Crippen molar-refractivity contribution in [3.63, 3.8) is 0 Å². The molecular weight excluding hydrogens is 357 g/mol. The first-order valence-corrected chi connectivity index (χ1v) is 8.13.